The highest BCUT2D eigenvalue weighted by atomic mass is 32.1. The quantitative estimate of drug-likeness (QED) is 0.743. The molecular formula is C8H8N4S. The largest absolute Gasteiger partial charge is 0.397 e. The van der Waals surface area contributed by atoms with Crippen molar-refractivity contribution in [3.63, 3.8) is 0 Å². The summed E-state index contributed by atoms with van der Waals surface area (Å²) in [6.45, 7) is 1.96. The molecule has 2 N–H and O–H groups in total. The second-order valence-electron chi connectivity index (χ2n) is 2.61. The lowest BCUT2D eigenvalue weighted by atomic mass is 10.2. The van der Waals surface area contributed by atoms with E-state index in [0.29, 0.717) is 5.69 Å². The van der Waals surface area contributed by atoms with E-state index in [4.69, 9.17) is 5.73 Å². The van der Waals surface area contributed by atoms with E-state index in [0.717, 1.165) is 16.3 Å². The van der Waals surface area contributed by atoms with Gasteiger partial charge in [0.05, 0.1) is 28.8 Å². The fraction of sp³-hybridized carbons (Fsp3) is 0.125. The van der Waals surface area contributed by atoms with Gasteiger partial charge in [0.25, 0.3) is 0 Å². The Hall–Kier alpha value is -1.49. The van der Waals surface area contributed by atoms with Crippen molar-refractivity contribution >= 4 is 17.0 Å². The Balaban J connectivity index is 2.52. The van der Waals surface area contributed by atoms with Crippen LogP contribution < -0.4 is 5.73 Å². The Morgan fingerprint density at radius 2 is 2.08 bits per heavy atom. The van der Waals surface area contributed by atoms with Gasteiger partial charge in [-0.05, 0) is 6.92 Å². The number of nitrogens with two attached hydrogens (primary N) is 1. The van der Waals surface area contributed by atoms with Gasteiger partial charge >= 0.3 is 0 Å². The zero-order chi connectivity index (χ0) is 9.26. The Morgan fingerprint density at radius 3 is 2.69 bits per heavy atom. The van der Waals surface area contributed by atoms with Gasteiger partial charge in [0, 0.05) is 10.9 Å². The number of hydrogen-bond donors (Lipinski definition) is 1. The SMILES string of the molecule is Cc1nc(-c2cnncc2N)cs1. The molecule has 0 bridgehead atoms. The predicted octanol–water partition coefficient (Wildman–Crippen LogP) is 1.49. The van der Waals surface area contributed by atoms with Gasteiger partial charge in [0.2, 0.25) is 0 Å². The van der Waals surface area contributed by atoms with E-state index < -0.39 is 0 Å². The van der Waals surface area contributed by atoms with E-state index >= 15 is 0 Å². The molecule has 0 atom stereocenters. The maximum atomic E-state index is 5.72. The molecule has 0 saturated carbocycles. The van der Waals surface area contributed by atoms with Gasteiger partial charge in [-0.1, -0.05) is 0 Å². The Bertz CT molecular complexity index is 424. The van der Waals surface area contributed by atoms with Crippen molar-refractivity contribution in [1.82, 2.24) is 15.2 Å². The third kappa shape index (κ3) is 1.50. The van der Waals surface area contributed by atoms with Crippen molar-refractivity contribution < 1.29 is 0 Å². The van der Waals surface area contributed by atoms with E-state index in [1.807, 2.05) is 12.3 Å². The highest BCUT2D eigenvalue weighted by molar-refractivity contribution is 7.09. The third-order valence-corrected chi connectivity index (χ3v) is 2.43. The van der Waals surface area contributed by atoms with Crippen molar-refractivity contribution in [1.29, 1.82) is 0 Å². The lowest BCUT2D eigenvalue weighted by molar-refractivity contribution is 1.03. The molecule has 2 aromatic rings. The van der Waals surface area contributed by atoms with Gasteiger partial charge in [-0.2, -0.15) is 10.2 Å². The van der Waals surface area contributed by atoms with Crippen LogP contribution in [-0.4, -0.2) is 15.2 Å². The van der Waals surface area contributed by atoms with Crippen molar-refractivity contribution in [2.75, 3.05) is 5.73 Å². The lowest BCUT2D eigenvalue weighted by Gasteiger charge is -1.98. The van der Waals surface area contributed by atoms with Gasteiger partial charge in [0.15, 0.2) is 0 Å². The molecule has 0 aliphatic carbocycles. The minimum absolute atomic E-state index is 0.611. The normalized spacial score (nSPS) is 10.2. The molecule has 0 aliphatic rings. The first kappa shape index (κ1) is 8.12. The summed E-state index contributed by atoms with van der Waals surface area (Å²) in [5.41, 5.74) is 8.05. The number of nitrogen functional groups attached to an aromatic ring is 1. The molecule has 0 radical (unpaired) electrons. The van der Waals surface area contributed by atoms with E-state index in [9.17, 15) is 0 Å². The number of aromatic nitrogens is 3. The minimum Gasteiger partial charge on any atom is -0.397 e. The van der Waals surface area contributed by atoms with Crippen LogP contribution in [0.2, 0.25) is 0 Å². The molecule has 5 heteroatoms. The number of aryl methyl sites for hydroxylation is 1. The van der Waals surface area contributed by atoms with Gasteiger partial charge in [-0.15, -0.1) is 11.3 Å². The molecule has 4 nitrogen and oxygen atoms in total. The van der Waals surface area contributed by atoms with E-state index in [2.05, 4.69) is 15.2 Å². The molecule has 0 spiro atoms. The predicted molar refractivity (Wildman–Crippen MR) is 52.3 cm³/mol. The summed E-state index contributed by atoms with van der Waals surface area (Å²) >= 11 is 1.59. The average Bonchev–Trinajstić information content (AvgIpc) is 2.53. The van der Waals surface area contributed by atoms with Gasteiger partial charge in [-0.25, -0.2) is 4.98 Å². The van der Waals surface area contributed by atoms with Crippen LogP contribution in [0, 0.1) is 6.92 Å². The van der Waals surface area contributed by atoms with Crippen LogP contribution in [0.3, 0.4) is 0 Å². The summed E-state index contributed by atoms with van der Waals surface area (Å²) in [7, 11) is 0. The van der Waals surface area contributed by atoms with Crippen LogP contribution in [0.5, 0.6) is 0 Å². The highest BCUT2D eigenvalue weighted by Crippen LogP contribution is 2.24. The molecule has 13 heavy (non-hydrogen) atoms. The summed E-state index contributed by atoms with van der Waals surface area (Å²) in [5.74, 6) is 0. The lowest BCUT2D eigenvalue weighted by Crippen LogP contribution is -1.93. The number of nitrogens with zero attached hydrogens (tertiary/aromatic N) is 3. The highest BCUT2D eigenvalue weighted by Gasteiger charge is 2.05. The summed E-state index contributed by atoms with van der Waals surface area (Å²) in [4.78, 5) is 4.31. The Labute approximate surface area is 79.5 Å². The van der Waals surface area contributed by atoms with Crippen molar-refractivity contribution in [3.8, 4) is 11.3 Å². The molecule has 0 aliphatic heterocycles. The first-order valence-corrected chi connectivity index (χ1v) is 4.64. The van der Waals surface area contributed by atoms with Crippen LogP contribution >= 0.6 is 11.3 Å². The minimum atomic E-state index is 0.611. The third-order valence-electron chi connectivity index (χ3n) is 1.66. The standard InChI is InChI=1S/C8H8N4S/c1-5-12-8(4-13-5)6-2-10-11-3-7(6)9/h2-4H,1H3,(H2,9,10). The number of thiazole rings is 1. The second-order valence-corrected chi connectivity index (χ2v) is 3.67. The smallest absolute Gasteiger partial charge is 0.0901 e. The van der Waals surface area contributed by atoms with E-state index in [1.165, 1.54) is 6.20 Å². The molecule has 66 valence electrons. The van der Waals surface area contributed by atoms with Crippen LogP contribution in [0.1, 0.15) is 5.01 Å². The zero-order valence-corrected chi connectivity index (χ0v) is 7.88. The molecule has 2 aromatic heterocycles. The van der Waals surface area contributed by atoms with E-state index in [-0.39, 0.29) is 0 Å². The molecule has 2 rings (SSSR count). The van der Waals surface area contributed by atoms with Crippen LogP contribution in [0.15, 0.2) is 17.8 Å². The molecule has 0 fully saturated rings. The molecular weight excluding hydrogens is 184 g/mol. The number of rotatable bonds is 1. The maximum Gasteiger partial charge on any atom is 0.0901 e. The Kier molecular flexibility index (Phi) is 1.94. The summed E-state index contributed by atoms with van der Waals surface area (Å²) in [5, 5.41) is 10.4. The monoisotopic (exact) mass is 192 g/mol. The molecule has 0 aromatic carbocycles. The summed E-state index contributed by atoms with van der Waals surface area (Å²) < 4.78 is 0. The van der Waals surface area contributed by atoms with Crippen LogP contribution in [-0.2, 0) is 0 Å². The van der Waals surface area contributed by atoms with Crippen molar-refractivity contribution in [2.45, 2.75) is 6.92 Å². The molecule has 0 saturated heterocycles. The van der Waals surface area contributed by atoms with Crippen LogP contribution in [0.25, 0.3) is 11.3 Å². The maximum absolute atomic E-state index is 5.72. The van der Waals surface area contributed by atoms with Gasteiger partial charge < -0.3 is 5.73 Å². The molecule has 0 amide bonds. The van der Waals surface area contributed by atoms with Gasteiger partial charge in [0.1, 0.15) is 0 Å². The molecule has 0 unspecified atom stereocenters. The number of hydrogen-bond acceptors (Lipinski definition) is 5. The first-order valence-electron chi connectivity index (χ1n) is 3.76. The summed E-state index contributed by atoms with van der Waals surface area (Å²) in [6, 6.07) is 0. The zero-order valence-electron chi connectivity index (χ0n) is 7.06. The Morgan fingerprint density at radius 1 is 1.31 bits per heavy atom. The number of anilines is 1. The first-order chi connectivity index (χ1) is 6.27. The van der Waals surface area contributed by atoms with E-state index in [1.54, 1.807) is 17.5 Å². The topological polar surface area (TPSA) is 64.7 Å². The average molecular weight is 192 g/mol. The van der Waals surface area contributed by atoms with Crippen LogP contribution in [0.4, 0.5) is 5.69 Å². The summed E-state index contributed by atoms with van der Waals surface area (Å²) in [6.07, 6.45) is 3.16. The van der Waals surface area contributed by atoms with Gasteiger partial charge in [-0.3, -0.25) is 0 Å². The van der Waals surface area contributed by atoms with Crippen molar-refractivity contribution in [2.24, 2.45) is 0 Å². The van der Waals surface area contributed by atoms with Crippen molar-refractivity contribution in [3.05, 3.63) is 22.8 Å². The fourth-order valence-electron chi connectivity index (χ4n) is 1.03. The second kappa shape index (κ2) is 3.10. The molecule has 2 heterocycles. The fourth-order valence-corrected chi connectivity index (χ4v) is 1.64.